The number of alkyl halides is 2. The highest BCUT2D eigenvalue weighted by Crippen LogP contribution is 2.25. The van der Waals surface area contributed by atoms with E-state index in [2.05, 4.69) is 32.6 Å². The molecule has 0 radical (unpaired) electrons. The van der Waals surface area contributed by atoms with E-state index in [9.17, 15) is 13.6 Å². The minimum absolute atomic E-state index is 0.0736. The van der Waals surface area contributed by atoms with Gasteiger partial charge in [0.1, 0.15) is 5.75 Å². The summed E-state index contributed by atoms with van der Waals surface area (Å²) >= 11 is 2.12. The number of carbonyl (C=O) groups is 1. The normalized spacial score (nSPS) is 11.9. The standard InChI is InChI=1S/C21H16F2INO2/c22-21(23)27-16-12-10-15(11-13-16)19(14-6-2-1-3-7-14)25-20(26)17-8-4-5-9-18(17)24/h1-13,19,21H,(H,25,26). The molecule has 0 bridgehead atoms. The summed E-state index contributed by atoms with van der Waals surface area (Å²) < 4.78 is 30.0. The number of benzene rings is 3. The lowest BCUT2D eigenvalue weighted by molar-refractivity contribution is -0.0498. The molecule has 3 aromatic rings. The zero-order valence-electron chi connectivity index (χ0n) is 14.1. The van der Waals surface area contributed by atoms with Gasteiger partial charge in [-0.05, 0) is 58.0 Å². The average molecular weight is 479 g/mol. The quantitative estimate of drug-likeness (QED) is 0.481. The van der Waals surface area contributed by atoms with Crippen molar-refractivity contribution in [3.63, 3.8) is 0 Å². The zero-order chi connectivity index (χ0) is 19.2. The third-order valence-corrected chi connectivity index (χ3v) is 4.91. The van der Waals surface area contributed by atoms with Gasteiger partial charge in [-0.1, -0.05) is 54.6 Å². The van der Waals surface area contributed by atoms with Gasteiger partial charge in [0.25, 0.3) is 5.91 Å². The Morgan fingerprint density at radius 3 is 2.07 bits per heavy atom. The Bertz CT molecular complexity index is 902. The van der Waals surface area contributed by atoms with Crippen LogP contribution in [-0.4, -0.2) is 12.5 Å². The lowest BCUT2D eigenvalue weighted by Crippen LogP contribution is -2.29. The smallest absolute Gasteiger partial charge is 0.387 e. The lowest BCUT2D eigenvalue weighted by Gasteiger charge is -2.20. The number of halogens is 3. The molecular weight excluding hydrogens is 463 g/mol. The summed E-state index contributed by atoms with van der Waals surface area (Å²) in [5.41, 5.74) is 2.23. The van der Waals surface area contributed by atoms with Crippen molar-refractivity contribution in [1.82, 2.24) is 5.32 Å². The molecule has 27 heavy (non-hydrogen) atoms. The third-order valence-electron chi connectivity index (χ3n) is 3.97. The van der Waals surface area contributed by atoms with Crippen molar-refractivity contribution in [3.05, 3.63) is 99.1 Å². The Labute approximate surface area is 169 Å². The summed E-state index contributed by atoms with van der Waals surface area (Å²) in [6.45, 7) is -2.87. The number of ether oxygens (including phenoxy) is 1. The number of amides is 1. The second-order valence-corrected chi connectivity index (χ2v) is 6.91. The maximum absolute atomic E-state index is 12.8. The third kappa shape index (κ3) is 5.03. The molecule has 0 saturated heterocycles. The highest BCUT2D eigenvalue weighted by atomic mass is 127. The predicted molar refractivity (Wildman–Crippen MR) is 108 cm³/mol. The highest BCUT2D eigenvalue weighted by molar-refractivity contribution is 14.1. The van der Waals surface area contributed by atoms with Crippen LogP contribution in [0.2, 0.25) is 0 Å². The van der Waals surface area contributed by atoms with Crippen LogP contribution >= 0.6 is 22.6 Å². The molecule has 3 aromatic carbocycles. The maximum Gasteiger partial charge on any atom is 0.387 e. The summed E-state index contributed by atoms with van der Waals surface area (Å²) in [5.74, 6) is -0.133. The van der Waals surface area contributed by atoms with Crippen molar-refractivity contribution in [1.29, 1.82) is 0 Å². The SMILES string of the molecule is O=C(NC(c1ccccc1)c1ccc(OC(F)F)cc1)c1ccccc1I. The van der Waals surface area contributed by atoms with Gasteiger partial charge in [0.05, 0.1) is 11.6 Å². The van der Waals surface area contributed by atoms with E-state index in [4.69, 9.17) is 0 Å². The van der Waals surface area contributed by atoms with Crippen LogP contribution in [0.4, 0.5) is 8.78 Å². The number of hydrogen-bond donors (Lipinski definition) is 1. The van der Waals surface area contributed by atoms with Gasteiger partial charge < -0.3 is 10.1 Å². The molecule has 0 saturated carbocycles. The summed E-state index contributed by atoms with van der Waals surface area (Å²) in [7, 11) is 0. The molecule has 0 heterocycles. The number of nitrogens with one attached hydrogen (secondary N) is 1. The van der Waals surface area contributed by atoms with Crippen LogP contribution in [-0.2, 0) is 0 Å². The van der Waals surface area contributed by atoms with E-state index in [0.717, 1.165) is 14.7 Å². The molecule has 138 valence electrons. The molecule has 6 heteroatoms. The number of hydrogen-bond acceptors (Lipinski definition) is 2. The van der Waals surface area contributed by atoms with E-state index >= 15 is 0 Å². The van der Waals surface area contributed by atoms with Gasteiger partial charge in [-0.2, -0.15) is 8.78 Å². The van der Waals surface area contributed by atoms with Gasteiger partial charge in [-0.3, -0.25) is 4.79 Å². The first-order chi connectivity index (χ1) is 13.0. The molecular formula is C21H16F2INO2. The Hall–Kier alpha value is -2.48. The lowest BCUT2D eigenvalue weighted by atomic mass is 9.98. The van der Waals surface area contributed by atoms with Gasteiger partial charge in [-0.25, -0.2) is 0 Å². The van der Waals surface area contributed by atoms with Crippen molar-refractivity contribution >= 4 is 28.5 Å². The summed E-state index contributed by atoms with van der Waals surface area (Å²) in [5, 5.41) is 3.03. The summed E-state index contributed by atoms with van der Waals surface area (Å²) in [4.78, 5) is 12.8. The summed E-state index contributed by atoms with van der Waals surface area (Å²) in [6, 6.07) is 22.6. The fourth-order valence-electron chi connectivity index (χ4n) is 2.70. The highest BCUT2D eigenvalue weighted by Gasteiger charge is 2.19. The van der Waals surface area contributed by atoms with E-state index in [1.54, 1.807) is 18.2 Å². The van der Waals surface area contributed by atoms with Crippen molar-refractivity contribution in [2.24, 2.45) is 0 Å². The Kier molecular flexibility index (Phi) is 6.39. The first-order valence-corrected chi connectivity index (χ1v) is 9.27. The van der Waals surface area contributed by atoms with Gasteiger partial charge in [-0.15, -0.1) is 0 Å². The molecule has 0 fully saturated rings. The Balaban J connectivity index is 1.90. The number of carbonyl (C=O) groups excluding carboxylic acids is 1. The van der Waals surface area contributed by atoms with E-state index in [1.807, 2.05) is 48.5 Å². The molecule has 1 unspecified atom stereocenters. The first-order valence-electron chi connectivity index (χ1n) is 8.19. The Morgan fingerprint density at radius 2 is 1.44 bits per heavy atom. The van der Waals surface area contributed by atoms with Crippen LogP contribution in [0.3, 0.4) is 0 Å². The molecule has 0 aliphatic heterocycles. The average Bonchev–Trinajstić information content (AvgIpc) is 2.67. The van der Waals surface area contributed by atoms with Gasteiger partial charge >= 0.3 is 6.61 Å². The topological polar surface area (TPSA) is 38.3 Å². The monoisotopic (exact) mass is 479 g/mol. The minimum atomic E-state index is -2.87. The zero-order valence-corrected chi connectivity index (χ0v) is 16.3. The van der Waals surface area contributed by atoms with Gasteiger partial charge in [0, 0.05) is 3.57 Å². The molecule has 1 amide bonds. The largest absolute Gasteiger partial charge is 0.435 e. The predicted octanol–water partition coefficient (Wildman–Crippen LogP) is 5.41. The van der Waals surface area contributed by atoms with Crippen LogP contribution in [0.25, 0.3) is 0 Å². The van der Waals surface area contributed by atoms with E-state index in [0.29, 0.717) is 5.56 Å². The molecule has 1 N–H and O–H groups in total. The minimum Gasteiger partial charge on any atom is -0.435 e. The van der Waals surface area contributed by atoms with Gasteiger partial charge in [0.2, 0.25) is 0 Å². The fourth-order valence-corrected chi connectivity index (χ4v) is 3.33. The van der Waals surface area contributed by atoms with Crippen molar-refractivity contribution in [2.45, 2.75) is 12.7 Å². The van der Waals surface area contributed by atoms with E-state index < -0.39 is 12.7 Å². The number of rotatable bonds is 6. The van der Waals surface area contributed by atoms with Crippen molar-refractivity contribution in [3.8, 4) is 5.75 Å². The second-order valence-electron chi connectivity index (χ2n) is 5.74. The van der Waals surface area contributed by atoms with Crippen LogP contribution in [0.5, 0.6) is 5.75 Å². The second kappa shape index (κ2) is 8.94. The van der Waals surface area contributed by atoms with Crippen LogP contribution in [0.15, 0.2) is 78.9 Å². The molecule has 1 atom stereocenters. The molecule has 3 nitrogen and oxygen atoms in total. The Morgan fingerprint density at radius 1 is 0.852 bits per heavy atom. The molecule has 0 spiro atoms. The van der Waals surface area contributed by atoms with Crippen molar-refractivity contribution < 1.29 is 18.3 Å². The van der Waals surface area contributed by atoms with Crippen LogP contribution in [0.1, 0.15) is 27.5 Å². The van der Waals surface area contributed by atoms with E-state index in [-0.39, 0.29) is 11.7 Å². The van der Waals surface area contributed by atoms with Crippen LogP contribution in [0, 0.1) is 3.57 Å². The first kappa shape index (κ1) is 19.3. The maximum atomic E-state index is 12.8. The van der Waals surface area contributed by atoms with Crippen molar-refractivity contribution in [2.75, 3.05) is 0 Å². The van der Waals surface area contributed by atoms with Gasteiger partial charge in [0.15, 0.2) is 0 Å². The molecule has 3 rings (SSSR count). The summed E-state index contributed by atoms with van der Waals surface area (Å²) in [6.07, 6.45) is 0. The fraction of sp³-hybridized carbons (Fsp3) is 0.0952. The van der Waals surface area contributed by atoms with Crippen LogP contribution < -0.4 is 10.1 Å². The molecule has 0 aliphatic rings. The van der Waals surface area contributed by atoms with E-state index in [1.165, 1.54) is 12.1 Å². The molecule has 0 aromatic heterocycles. The molecule has 0 aliphatic carbocycles.